The Morgan fingerprint density at radius 2 is 1.57 bits per heavy atom. The average molecular weight is 415 g/mol. The SMILES string of the molecule is CCC(/C=C\C(C)[C@H]1CC[C@H]2[C@@H]3CCC4C[C@@H](O)CC[C@]4(C)C3CC[C@]12C)C(C)C. The number of fused-ring (bicyclic) bond motifs is 5. The van der Waals surface area contributed by atoms with Crippen molar-refractivity contribution >= 4 is 0 Å². The molecule has 4 unspecified atom stereocenters. The Labute approximate surface area is 187 Å². The van der Waals surface area contributed by atoms with E-state index in [2.05, 4.69) is 53.7 Å². The third-order valence-corrected chi connectivity index (χ3v) is 11.3. The van der Waals surface area contributed by atoms with Crippen LogP contribution in [0.25, 0.3) is 0 Å². The molecule has 1 nitrogen and oxygen atoms in total. The summed E-state index contributed by atoms with van der Waals surface area (Å²) >= 11 is 0. The summed E-state index contributed by atoms with van der Waals surface area (Å²) in [5.74, 6) is 6.72. The van der Waals surface area contributed by atoms with E-state index in [9.17, 15) is 5.11 Å². The van der Waals surface area contributed by atoms with Crippen LogP contribution in [0.15, 0.2) is 12.2 Å². The fraction of sp³-hybridized carbons (Fsp3) is 0.931. The van der Waals surface area contributed by atoms with Gasteiger partial charge in [-0.2, -0.15) is 0 Å². The van der Waals surface area contributed by atoms with E-state index < -0.39 is 0 Å². The molecular weight excluding hydrogens is 364 g/mol. The van der Waals surface area contributed by atoms with Crippen LogP contribution in [0.5, 0.6) is 0 Å². The quantitative estimate of drug-likeness (QED) is 0.454. The van der Waals surface area contributed by atoms with Crippen LogP contribution in [0.4, 0.5) is 0 Å². The fourth-order valence-electron chi connectivity index (χ4n) is 9.42. The summed E-state index contributed by atoms with van der Waals surface area (Å²) < 4.78 is 0. The fourth-order valence-corrected chi connectivity index (χ4v) is 9.42. The van der Waals surface area contributed by atoms with E-state index in [1.807, 2.05) is 0 Å². The van der Waals surface area contributed by atoms with Crippen molar-refractivity contribution in [2.24, 2.45) is 58.2 Å². The Morgan fingerprint density at radius 1 is 0.867 bits per heavy atom. The highest BCUT2D eigenvalue weighted by atomic mass is 16.3. The highest BCUT2D eigenvalue weighted by Crippen LogP contribution is 2.68. The van der Waals surface area contributed by atoms with Crippen LogP contribution in [-0.2, 0) is 0 Å². The molecule has 4 rings (SSSR count). The molecule has 0 aliphatic heterocycles. The van der Waals surface area contributed by atoms with Crippen molar-refractivity contribution < 1.29 is 5.11 Å². The Kier molecular flexibility index (Phi) is 6.53. The molecule has 0 aromatic heterocycles. The Hall–Kier alpha value is -0.300. The van der Waals surface area contributed by atoms with Crippen LogP contribution in [-0.4, -0.2) is 11.2 Å². The molecule has 1 N–H and O–H groups in total. The van der Waals surface area contributed by atoms with E-state index in [1.165, 1.54) is 51.4 Å². The van der Waals surface area contributed by atoms with E-state index in [4.69, 9.17) is 0 Å². The van der Waals surface area contributed by atoms with Crippen molar-refractivity contribution in [1.82, 2.24) is 0 Å². The van der Waals surface area contributed by atoms with Gasteiger partial charge >= 0.3 is 0 Å². The molecule has 10 atom stereocenters. The number of hydrogen-bond acceptors (Lipinski definition) is 1. The first-order chi connectivity index (χ1) is 14.2. The summed E-state index contributed by atoms with van der Waals surface area (Å²) in [6, 6.07) is 0. The summed E-state index contributed by atoms with van der Waals surface area (Å²) in [5, 5.41) is 10.3. The Bertz CT molecular complexity index is 622. The number of allylic oxidation sites excluding steroid dienone is 2. The lowest BCUT2D eigenvalue weighted by Crippen LogP contribution is -2.54. The Morgan fingerprint density at radius 3 is 2.27 bits per heavy atom. The maximum Gasteiger partial charge on any atom is 0.0543 e. The summed E-state index contributed by atoms with van der Waals surface area (Å²) in [6.45, 7) is 14.9. The zero-order valence-corrected chi connectivity index (χ0v) is 20.9. The Balaban J connectivity index is 1.49. The normalized spacial score (nSPS) is 48.3. The van der Waals surface area contributed by atoms with Gasteiger partial charge in [0.25, 0.3) is 0 Å². The highest BCUT2D eigenvalue weighted by Gasteiger charge is 2.60. The van der Waals surface area contributed by atoms with Crippen molar-refractivity contribution in [3.05, 3.63) is 12.2 Å². The molecule has 1 heteroatoms. The second-order valence-corrected chi connectivity index (χ2v) is 12.9. The average Bonchev–Trinajstić information content (AvgIpc) is 3.06. The first kappa shape index (κ1) is 22.9. The minimum absolute atomic E-state index is 0.0187. The van der Waals surface area contributed by atoms with Crippen LogP contribution in [0.1, 0.15) is 106 Å². The standard InChI is InChI=1S/C29H50O/c1-7-21(19(2)3)9-8-20(4)25-12-13-26-24-11-10-22-18-23(30)14-16-28(22,5)27(24)15-17-29(25,26)6/h8-9,19-27,30H,7,10-18H2,1-6H3/b9-8-/t20?,21?,22?,23-,24-,25+,26-,27?,28-,29+/m0/s1. The summed E-state index contributed by atoms with van der Waals surface area (Å²) in [5.41, 5.74) is 1.07. The lowest BCUT2D eigenvalue weighted by Gasteiger charge is -2.61. The van der Waals surface area contributed by atoms with Crippen LogP contribution in [0.2, 0.25) is 0 Å². The van der Waals surface area contributed by atoms with Gasteiger partial charge in [0, 0.05) is 0 Å². The molecule has 0 amide bonds. The molecule has 0 aromatic carbocycles. The van der Waals surface area contributed by atoms with Crippen molar-refractivity contribution in [2.45, 2.75) is 112 Å². The van der Waals surface area contributed by atoms with Crippen molar-refractivity contribution in [2.75, 3.05) is 0 Å². The molecule has 0 heterocycles. The van der Waals surface area contributed by atoms with Gasteiger partial charge in [-0.05, 0) is 122 Å². The summed E-state index contributed by atoms with van der Waals surface area (Å²) in [7, 11) is 0. The molecule has 172 valence electrons. The van der Waals surface area contributed by atoms with Gasteiger partial charge in [-0.15, -0.1) is 0 Å². The van der Waals surface area contributed by atoms with Crippen LogP contribution < -0.4 is 0 Å². The first-order valence-corrected chi connectivity index (χ1v) is 13.6. The van der Waals surface area contributed by atoms with Gasteiger partial charge in [-0.3, -0.25) is 0 Å². The van der Waals surface area contributed by atoms with E-state index in [-0.39, 0.29) is 6.10 Å². The summed E-state index contributed by atoms with van der Waals surface area (Å²) in [6.07, 6.45) is 18.5. The maximum absolute atomic E-state index is 10.3. The van der Waals surface area contributed by atoms with E-state index in [0.29, 0.717) is 10.8 Å². The smallest absolute Gasteiger partial charge is 0.0543 e. The molecule has 0 saturated heterocycles. The monoisotopic (exact) mass is 414 g/mol. The molecule has 4 saturated carbocycles. The highest BCUT2D eigenvalue weighted by molar-refractivity contribution is 5.11. The van der Waals surface area contributed by atoms with Gasteiger partial charge in [0.2, 0.25) is 0 Å². The first-order valence-electron chi connectivity index (χ1n) is 13.6. The number of hydrogen-bond donors (Lipinski definition) is 1. The van der Waals surface area contributed by atoms with Gasteiger partial charge in [-0.25, -0.2) is 0 Å². The number of aliphatic hydroxyl groups is 1. The van der Waals surface area contributed by atoms with Crippen LogP contribution in [0, 0.1) is 58.2 Å². The molecule has 0 spiro atoms. The van der Waals surface area contributed by atoms with Gasteiger partial charge in [-0.1, -0.05) is 53.7 Å². The van der Waals surface area contributed by atoms with Crippen LogP contribution in [0.3, 0.4) is 0 Å². The second kappa shape index (κ2) is 8.57. The van der Waals surface area contributed by atoms with E-state index >= 15 is 0 Å². The third kappa shape index (κ3) is 3.74. The van der Waals surface area contributed by atoms with Crippen molar-refractivity contribution in [3.8, 4) is 0 Å². The molecule has 0 radical (unpaired) electrons. The minimum atomic E-state index is -0.0187. The zero-order chi connectivity index (χ0) is 21.7. The zero-order valence-electron chi connectivity index (χ0n) is 20.9. The largest absolute Gasteiger partial charge is 0.393 e. The predicted octanol–water partition coefficient (Wildman–Crippen LogP) is 7.88. The lowest BCUT2D eigenvalue weighted by atomic mass is 9.44. The van der Waals surface area contributed by atoms with Crippen molar-refractivity contribution in [3.63, 3.8) is 0 Å². The molecular formula is C29H50O. The molecule has 4 fully saturated rings. The predicted molar refractivity (Wildman–Crippen MR) is 128 cm³/mol. The number of aliphatic hydroxyl groups excluding tert-OH is 1. The van der Waals surface area contributed by atoms with Crippen molar-refractivity contribution in [1.29, 1.82) is 0 Å². The molecule has 0 bridgehead atoms. The topological polar surface area (TPSA) is 20.2 Å². The van der Waals surface area contributed by atoms with Gasteiger partial charge in [0.05, 0.1) is 6.10 Å². The molecule has 4 aliphatic carbocycles. The molecule has 0 aromatic rings. The minimum Gasteiger partial charge on any atom is -0.393 e. The molecule has 4 aliphatic rings. The summed E-state index contributed by atoms with van der Waals surface area (Å²) in [4.78, 5) is 0. The van der Waals surface area contributed by atoms with Gasteiger partial charge in [0.1, 0.15) is 0 Å². The maximum atomic E-state index is 10.3. The molecule has 30 heavy (non-hydrogen) atoms. The second-order valence-electron chi connectivity index (χ2n) is 12.9. The van der Waals surface area contributed by atoms with Gasteiger partial charge < -0.3 is 5.11 Å². The van der Waals surface area contributed by atoms with Gasteiger partial charge in [0.15, 0.2) is 0 Å². The lowest BCUT2D eigenvalue weighted by molar-refractivity contribution is -0.128. The van der Waals surface area contributed by atoms with E-state index in [1.54, 1.807) is 0 Å². The van der Waals surface area contributed by atoms with Crippen LogP contribution >= 0.6 is 0 Å². The third-order valence-electron chi connectivity index (χ3n) is 11.3. The van der Waals surface area contributed by atoms with E-state index in [0.717, 1.165) is 60.2 Å². The number of rotatable bonds is 5.